The van der Waals surface area contributed by atoms with Crippen molar-refractivity contribution in [2.45, 2.75) is 83.3 Å². The number of esters is 4. The highest BCUT2D eigenvalue weighted by molar-refractivity contribution is 6.03. The lowest BCUT2D eigenvalue weighted by Crippen LogP contribution is -2.29. The number of fused-ring (bicyclic) bond motifs is 4. The number of hydrogen-bond donors (Lipinski definition) is 4. The molecule has 4 aliphatic heterocycles. The molecule has 0 radical (unpaired) electrons. The maximum absolute atomic E-state index is 12.6. The molecule has 0 fully saturated rings. The van der Waals surface area contributed by atoms with E-state index in [1.807, 2.05) is 188 Å². The smallest absolute Gasteiger partial charge is 0.360 e. The molecule has 7 aromatic carbocycles. The molecule has 0 saturated heterocycles. The summed E-state index contributed by atoms with van der Waals surface area (Å²) in [7, 11) is 4.94. The van der Waals surface area contributed by atoms with Crippen LogP contribution in [0.25, 0.3) is 0 Å². The monoisotopic (exact) mass is 1600 g/mol. The lowest BCUT2D eigenvalue weighted by Gasteiger charge is -2.24. The summed E-state index contributed by atoms with van der Waals surface area (Å²) in [4.78, 5) is 109. The predicted molar refractivity (Wildman–Crippen MR) is 437 cm³/mol. The van der Waals surface area contributed by atoms with E-state index in [9.17, 15) is 48.3 Å². The van der Waals surface area contributed by atoms with Crippen molar-refractivity contribution in [2.75, 3.05) is 71.6 Å². The number of para-hydroxylation sites is 4. The summed E-state index contributed by atoms with van der Waals surface area (Å²) in [6.45, 7) is 2.91. The summed E-state index contributed by atoms with van der Waals surface area (Å²) in [6, 6.07) is 63.4. The Bertz CT molecular complexity index is 5600. The highest BCUT2D eigenvalue weighted by Crippen LogP contribution is 2.35. The molecule has 0 spiro atoms. The Morgan fingerprint density at radius 1 is 0.407 bits per heavy atom. The van der Waals surface area contributed by atoms with Crippen LogP contribution < -0.4 is 71.6 Å². The van der Waals surface area contributed by atoms with Crippen molar-refractivity contribution in [1.29, 1.82) is 0 Å². The van der Waals surface area contributed by atoms with Gasteiger partial charge in [-0.1, -0.05) is 152 Å². The molecule has 0 saturated carbocycles. The average molecular weight is 1610 g/mol. The number of pyridine rings is 4. The predicted octanol–water partition coefficient (Wildman–Crippen LogP) is 12.1. The fourth-order valence-electron chi connectivity index (χ4n) is 12.8. The second-order valence-electron chi connectivity index (χ2n) is 26.5. The number of methoxy groups -OCH3 is 4. The lowest BCUT2D eigenvalue weighted by molar-refractivity contribution is 0.0572. The number of ether oxygens (including phenoxy) is 11. The number of hydrogen-bond acceptors (Lipinski definition) is 25. The van der Waals surface area contributed by atoms with Crippen LogP contribution in [0.2, 0.25) is 0 Å². The number of aromatic hydroxyl groups is 1. The first kappa shape index (κ1) is 84.3. The topological polar surface area (TPSA) is 358 Å². The number of nitrogen functional groups attached to an aromatic ring is 1. The highest BCUT2D eigenvalue weighted by Gasteiger charge is 2.29. The third-order valence-electron chi connectivity index (χ3n) is 18.6. The summed E-state index contributed by atoms with van der Waals surface area (Å²) in [6.07, 6.45) is 11.8. The van der Waals surface area contributed by atoms with Crippen molar-refractivity contribution in [1.82, 2.24) is 18.7 Å². The minimum Gasteiger partial charge on any atom is -0.502 e. The zero-order valence-corrected chi connectivity index (χ0v) is 65.2. The molecule has 4 aromatic heterocycles. The molecule has 5 N–H and O–H groups in total. The van der Waals surface area contributed by atoms with Crippen molar-refractivity contribution in [3.63, 3.8) is 0 Å². The van der Waals surface area contributed by atoms with Gasteiger partial charge in [0.05, 0.1) is 78.2 Å². The van der Waals surface area contributed by atoms with Crippen molar-refractivity contribution in [3.05, 3.63) is 340 Å². The number of nitrogens with zero attached hydrogens (tertiary/aromatic N) is 5. The Morgan fingerprint density at radius 2 is 0.771 bits per heavy atom. The maximum Gasteiger partial charge on any atom is 0.360 e. The van der Waals surface area contributed by atoms with Crippen molar-refractivity contribution in [2.24, 2.45) is 5.10 Å². The van der Waals surface area contributed by atoms with E-state index in [2.05, 4.69) is 25.4 Å². The number of ketones is 1. The molecule has 0 aliphatic carbocycles. The Labute approximate surface area is 677 Å². The first-order chi connectivity index (χ1) is 57.5. The van der Waals surface area contributed by atoms with Gasteiger partial charge in [-0.15, -0.1) is 0 Å². The van der Waals surface area contributed by atoms with Gasteiger partial charge in [-0.3, -0.25) is 38.0 Å². The van der Waals surface area contributed by atoms with E-state index in [-0.39, 0.29) is 83.1 Å². The Hall–Kier alpha value is -14.6. The van der Waals surface area contributed by atoms with E-state index < -0.39 is 45.9 Å². The van der Waals surface area contributed by atoms with Crippen LogP contribution in [0.4, 0.5) is 0 Å². The van der Waals surface area contributed by atoms with Gasteiger partial charge in [-0.2, -0.15) is 5.10 Å². The third kappa shape index (κ3) is 21.8. The molecule has 4 aliphatic rings. The molecule has 29 heteroatoms. The maximum atomic E-state index is 12.6. The van der Waals surface area contributed by atoms with Crippen LogP contribution in [0.15, 0.2) is 261 Å². The van der Waals surface area contributed by atoms with Crippen LogP contribution in [-0.4, -0.2) is 114 Å². The molecule has 2 atom stereocenters. The van der Waals surface area contributed by atoms with E-state index in [0.717, 1.165) is 111 Å². The Balaban J connectivity index is 0.000000149. The van der Waals surface area contributed by atoms with Crippen LogP contribution in [0.5, 0.6) is 46.0 Å². The number of Topliss-reactive ketones (excluding diaryl/α,β-unsaturated/α-hetero) is 1. The molecular formula is C89H88N8O21. The lowest BCUT2D eigenvalue weighted by atomic mass is 10.0. The van der Waals surface area contributed by atoms with Gasteiger partial charge in [-0.25, -0.2) is 23.9 Å². The van der Waals surface area contributed by atoms with E-state index in [0.29, 0.717) is 39.3 Å². The van der Waals surface area contributed by atoms with Gasteiger partial charge < -0.3 is 73.9 Å². The quantitative estimate of drug-likeness (QED) is 0.0352. The second-order valence-corrected chi connectivity index (χ2v) is 26.5. The molecular weight excluding hydrogens is 1520 g/mol. The van der Waals surface area contributed by atoms with Gasteiger partial charge in [0.15, 0.2) is 51.6 Å². The molecule has 0 amide bonds. The van der Waals surface area contributed by atoms with Crippen LogP contribution in [0, 0.1) is 0 Å². The van der Waals surface area contributed by atoms with Crippen molar-refractivity contribution in [3.8, 4) is 46.0 Å². The summed E-state index contributed by atoms with van der Waals surface area (Å²) in [5.41, 5.74) is 11.1. The number of rotatable bonds is 18. The molecule has 0 bridgehead atoms. The Kier molecular flexibility index (Phi) is 29.9. The van der Waals surface area contributed by atoms with Crippen molar-refractivity contribution >= 4 is 35.4 Å². The Morgan fingerprint density at radius 3 is 1.28 bits per heavy atom. The zero-order valence-electron chi connectivity index (χ0n) is 65.2. The highest BCUT2D eigenvalue weighted by atomic mass is 16.5. The normalized spacial score (nSPS) is 14.4. The van der Waals surface area contributed by atoms with Gasteiger partial charge >= 0.3 is 23.9 Å². The first-order valence-corrected chi connectivity index (χ1v) is 37.8. The standard InChI is InChI=1S/C24H24N2O5.C24H22N2O5.C17H18N2O5.C14H14N2O4.C10H10O2/c2*1-29-24(28)22-23(31-16-17-8-3-2-4-9-17)20(27)13-14-26(22)25-19-11-7-15-30-21-12-6-5-10-18(19)21;1-23-17(22)15-16(21)13(20)8-9-19(15)18-12-6-4-10-24-14-7-3-2-5-11(12)14;1-19-14(18)12-13(11(17)7-8-16(12)15)20-9-10-5-3-2-4-6-10;11-9-5-3-7-12-10-6-2-1-4-8(9)10/h2-6,8-10,12-14,19,25H,7,11,15-16H2,1H3;2-6,8-10,12-14H,7,11,15-16H2,1H3;2-3,5,7-9,12,18,21H,4,6,10H2,1H3;2-8H,9,15H2,1H3;1-2,4,6H,3,5,7H2/b;25-19-;;;. The van der Waals surface area contributed by atoms with E-state index in [1.54, 1.807) is 0 Å². The fourth-order valence-corrected chi connectivity index (χ4v) is 12.8. The molecule has 11 aromatic rings. The molecule has 118 heavy (non-hydrogen) atoms. The molecule has 610 valence electrons. The van der Waals surface area contributed by atoms with Gasteiger partial charge in [0.2, 0.25) is 21.7 Å². The summed E-state index contributed by atoms with van der Waals surface area (Å²) in [5.74, 6) is 5.08. The number of carbonyl (C=O) groups is 5. The van der Waals surface area contributed by atoms with E-state index >= 15 is 0 Å². The van der Waals surface area contributed by atoms with Gasteiger partial charge in [0.1, 0.15) is 42.8 Å². The minimum absolute atomic E-state index is 0.0218. The van der Waals surface area contributed by atoms with Crippen molar-refractivity contribution < 1.29 is 81.2 Å². The zero-order chi connectivity index (χ0) is 83.3. The number of benzene rings is 7. The summed E-state index contributed by atoms with van der Waals surface area (Å²) < 4.78 is 64.1. The molecule has 2 unspecified atom stereocenters. The first-order valence-electron chi connectivity index (χ1n) is 37.8. The fraction of sp³-hybridized carbons (Fsp3) is 0.236. The van der Waals surface area contributed by atoms with Gasteiger partial charge in [0, 0.05) is 72.2 Å². The van der Waals surface area contributed by atoms with E-state index in [4.69, 9.17) is 48.5 Å². The summed E-state index contributed by atoms with van der Waals surface area (Å²) in [5, 5.41) is 14.6. The summed E-state index contributed by atoms with van der Waals surface area (Å²) >= 11 is 0. The third-order valence-corrected chi connectivity index (χ3v) is 18.6. The molecule has 15 rings (SSSR count). The van der Waals surface area contributed by atoms with Gasteiger partial charge in [0.25, 0.3) is 0 Å². The van der Waals surface area contributed by atoms with Crippen LogP contribution in [0.1, 0.15) is 149 Å². The SMILES string of the molecule is COC(=O)c1c(O)c(=O)ccn1NC1CCCOc2ccccc21.COC(=O)c1c(OCc2ccccc2)c(=O)ccn1/N=C1/CCCOc2ccccc21.COC(=O)c1c(OCc2ccccc2)c(=O)ccn1N.COC(=O)c1c(OCc2ccccc2)c(=O)ccn1NC1CCCOc2ccccc21.O=C1CCCOc2ccccc21. The number of carbonyl (C=O) groups excluding carboxylic acids is 5. The molecule has 8 heterocycles. The minimum atomic E-state index is -0.796. The largest absolute Gasteiger partial charge is 0.502 e. The van der Waals surface area contributed by atoms with E-state index in [1.165, 1.54) is 91.5 Å². The van der Waals surface area contributed by atoms with Crippen LogP contribution in [-0.2, 0) is 38.8 Å². The van der Waals surface area contributed by atoms with Crippen LogP contribution >= 0.6 is 0 Å². The van der Waals surface area contributed by atoms with Gasteiger partial charge in [-0.05, 0) is 98.0 Å². The number of nitrogens with two attached hydrogens (primary N) is 1. The van der Waals surface area contributed by atoms with Crippen LogP contribution in [0.3, 0.4) is 0 Å². The number of aromatic nitrogens is 4. The average Bonchev–Trinajstić information content (AvgIpc) is 0.844. The second kappa shape index (κ2) is 41.9. The molecule has 29 nitrogen and oxygen atoms in total. The number of nitrogens with one attached hydrogen (secondary N) is 2.